The predicted octanol–water partition coefficient (Wildman–Crippen LogP) is 3.89. The van der Waals surface area contributed by atoms with Crippen LogP contribution in [0.3, 0.4) is 0 Å². The van der Waals surface area contributed by atoms with Gasteiger partial charge in [0.1, 0.15) is 18.0 Å². The summed E-state index contributed by atoms with van der Waals surface area (Å²) in [5, 5.41) is 10.4. The van der Waals surface area contributed by atoms with E-state index in [1.54, 1.807) is 0 Å². The molecule has 0 aliphatic rings. The Kier molecular flexibility index (Phi) is 4.58. The Bertz CT molecular complexity index is 508. The van der Waals surface area contributed by atoms with E-state index < -0.39 is 6.10 Å². The molecule has 0 aromatic heterocycles. The van der Waals surface area contributed by atoms with E-state index in [9.17, 15) is 5.11 Å². The number of aliphatic hydroxyl groups is 1. The quantitative estimate of drug-likeness (QED) is 0.879. The van der Waals surface area contributed by atoms with Crippen LogP contribution in [0, 0.1) is 6.92 Å². The highest BCUT2D eigenvalue weighted by atomic mass is 16.5. The first-order valence-corrected chi connectivity index (χ1v) is 6.67. The maximum atomic E-state index is 10.4. The number of rotatable bonds is 5. The Morgan fingerprint density at radius 1 is 1.00 bits per heavy atom. The molecule has 0 bridgehead atoms. The van der Waals surface area contributed by atoms with Crippen molar-refractivity contribution in [1.82, 2.24) is 0 Å². The predicted molar refractivity (Wildman–Crippen MR) is 77.3 cm³/mol. The van der Waals surface area contributed by atoms with E-state index in [1.165, 1.54) is 0 Å². The SMILES string of the molecule is CCC(Oc1ccccc1C)C(O)c1ccccc1. The van der Waals surface area contributed by atoms with Crippen LogP contribution in [-0.4, -0.2) is 11.2 Å². The van der Waals surface area contributed by atoms with E-state index >= 15 is 0 Å². The standard InChI is InChI=1S/C17H20O2/c1-3-15(17(18)14-10-5-4-6-11-14)19-16-12-8-7-9-13(16)2/h4-12,15,17-18H,3H2,1-2H3. The number of aliphatic hydroxyl groups excluding tert-OH is 1. The minimum atomic E-state index is -0.606. The number of aryl methyl sites for hydroxylation is 1. The maximum absolute atomic E-state index is 10.4. The van der Waals surface area contributed by atoms with Gasteiger partial charge in [0.15, 0.2) is 0 Å². The average Bonchev–Trinajstić information content (AvgIpc) is 2.47. The molecule has 0 aliphatic heterocycles. The van der Waals surface area contributed by atoms with Crippen molar-refractivity contribution in [3.8, 4) is 5.75 Å². The van der Waals surface area contributed by atoms with Crippen molar-refractivity contribution in [2.75, 3.05) is 0 Å². The van der Waals surface area contributed by atoms with E-state index in [1.807, 2.05) is 68.4 Å². The minimum Gasteiger partial charge on any atom is -0.487 e. The van der Waals surface area contributed by atoms with Crippen LogP contribution in [0.5, 0.6) is 5.75 Å². The number of ether oxygens (including phenoxy) is 1. The van der Waals surface area contributed by atoms with Gasteiger partial charge in [-0.2, -0.15) is 0 Å². The zero-order chi connectivity index (χ0) is 13.7. The van der Waals surface area contributed by atoms with Crippen molar-refractivity contribution in [3.05, 3.63) is 65.7 Å². The molecule has 0 amide bonds. The second kappa shape index (κ2) is 6.39. The van der Waals surface area contributed by atoms with Crippen molar-refractivity contribution in [3.63, 3.8) is 0 Å². The molecule has 2 rings (SSSR count). The zero-order valence-electron chi connectivity index (χ0n) is 11.4. The monoisotopic (exact) mass is 256 g/mol. The molecule has 0 saturated heterocycles. The summed E-state index contributed by atoms with van der Waals surface area (Å²) in [5.74, 6) is 0.837. The van der Waals surface area contributed by atoms with Gasteiger partial charge >= 0.3 is 0 Å². The van der Waals surface area contributed by atoms with Crippen LogP contribution in [-0.2, 0) is 0 Å². The van der Waals surface area contributed by atoms with Crippen molar-refractivity contribution >= 4 is 0 Å². The molecule has 0 saturated carbocycles. The molecule has 0 spiro atoms. The zero-order valence-corrected chi connectivity index (χ0v) is 11.4. The Morgan fingerprint density at radius 2 is 1.63 bits per heavy atom. The first-order chi connectivity index (χ1) is 9.22. The smallest absolute Gasteiger partial charge is 0.128 e. The van der Waals surface area contributed by atoms with Gasteiger partial charge in [0.2, 0.25) is 0 Å². The lowest BCUT2D eigenvalue weighted by Gasteiger charge is -2.24. The van der Waals surface area contributed by atoms with Crippen LogP contribution < -0.4 is 4.74 Å². The molecule has 0 fully saturated rings. The molecule has 2 heteroatoms. The molecule has 0 heterocycles. The first kappa shape index (κ1) is 13.6. The second-order valence-corrected chi connectivity index (χ2v) is 4.69. The topological polar surface area (TPSA) is 29.5 Å². The largest absolute Gasteiger partial charge is 0.487 e. The van der Waals surface area contributed by atoms with Crippen LogP contribution in [0.4, 0.5) is 0 Å². The van der Waals surface area contributed by atoms with Gasteiger partial charge in [-0.1, -0.05) is 55.5 Å². The molecular weight excluding hydrogens is 236 g/mol. The molecule has 100 valence electrons. The molecule has 2 aromatic rings. The summed E-state index contributed by atoms with van der Waals surface area (Å²) in [5.41, 5.74) is 1.98. The van der Waals surface area contributed by atoms with Crippen LogP contribution in [0.1, 0.15) is 30.6 Å². The van der Waals surface area contributed by atoms with Crippen molar-refractivity contribution in [2.24, 2.45) is 0 Å². The van der Waals surface area contributed by atoms with Crippen molar-refractivity contribution in [1.29, 1.82) is 0 Å². The van der Waals surface area contributed by atoms with E-state index in [0.717, 1.165) is 23.3 Å². The third-order valence-electron chi connectivity index (χ3n) is 3.27. The second-order valence-electron chi connectivity index (χ2n) is 4.69. The molecule has 2 atom stereocenters. The number of hydrogen-bond donors (Lipinski definition) is 1. The van der Waals surface area contributed by atoms with Gasteiger partial charge in [-0.05, 0) is 30.5 Å². The van der Waals surface area contributed by atoms with E-state index in [0.29, 0.717) is 0 Å². The lowest BCUT2D eigenvalue weighted by atomic mass is 10.0. The Hall–Kier alpha value is -1.80. The molecule has 19 heavy (non-hydrogen) atoms. The normalized spacial score (nSPS) is 13.8. The van der Waals surface area contributed by atoms with Crippen molar-refractivity contribution < 1.29 is 9.84 Å². The third kappa shape index (κ3) is 3.36. The van der Waals surface area contributed by atoms with Crippen LogP contribution in [0.15, 0.2) is 54.6 Å². The lowest BCUT2D eigenvalue weighted by molar-refractivity contribution is 0.0328. The average molecular weight is 256 g/mol. The Labute approximate surface area is 114 Å². The molecule has 0 radical (unpaired) electrons. The summed E-state index contributed by atoms with van der Waals surface area (Å²) in [4.78, 5) is 0. The summed E-state index contributed by atoms with van der Waals surface area (Å²) >= 11 is 0. The number of benzene rings is 2. The fourth-order valence-electron chi connectivity index (χ4n) is 2.09. The molecule has 2 nitrogen and oxygen atoms in total. The molecule has 2 unspecified atom stereocenters. The Balaban J connectivity index is 2.15. The van der Waals surface area contributed by atoms with E-state index in [4.69, 9.17) is 4.74 Å². The van der Waals surface area contributed by atoms with Gasteiger partial charge in [-0.3, -0.25) is 0 Å². The first-order valence-electron chi connectivity index (χ1n) is 6.67. The highest BCUT2D eigenvalue weighted by molar-refractivity contribution is 5.32. The molecule has 0 aliphatic carbocycles. The summed E-state index contributed by atoms with van der Waals surface area (Å²) in [6, 6.07) is 17.5. The van der Waals surface area contributed by atoms with Gasteiger partial charge in [0, 0.05) is 0 Å². The number of hydrogen-bond acceptors (Lipinski definition) is 2. The highest BCUT2D eigenvalue weighted by Gasteiger charge is 2.21. The van der Waals surface area contributed by atoms with E-state index in [-0.39, 0.29) is 6.10 Å². The van der Waals surface area contributed by atoms with Gasteiger partial charge in [-0.15, -0.1) is 0 Å². The minimum absolute atomic E-state index is 0.233. The highest BCUT2D eigenvalue weighted by Crippen LogP contribution is 2.25. The molecule has 1 N–H and O–H groups in total. The summed E-state index contributed by atoms with van der Waals surface area (Å²) in [6.45, 7) is 4.03. The van der Waals surface area contributed by atoms with Crippen LogP contribution >= 0.6 is 0 Å². The lowest BCUT2D eigenvalue weighted by Crippen LogP contribution is -2.24. The van der Waals surface area contributed by atoms with Crippen LogP contribution in [0.25, 0.3) is 0 Å². The summed E-state index contributed by atoms with van der Waals surface area (Å²) in [7, 11) is 0. The molecular formula is C17H20O2. The van der Waals surface area contributed by atoms with E-state index in [2.05, 4.69) is 0 Å². The fraction of sp³-hybridized carbons (Fsp3) is 0.294. The Morgan fingerprint density at radius 3 is 2.26 bits per heavy atom. The maximum Gasteiger partial charge on any atom is 0.128 e. The van der Waals surface area contributed by atoms with Crippen LogP contribution in [0.2, 0.25) is 0 Å². The number of para-hydroxylation sites is 1. The van der Waals surface area contributed by atoms with Gasteiger partial charge in [-0.25, -0.2) is 0 Å². The van der Waals surface area contributed by atoms with Gasteiger partial charge in [0.05, 0.1) is 0 Å². The van der Waals surface area contributed by atoms with Crippen molar-refractivity contribution in [2.45, 2.75) is 32.5 Å². The summed E-state index contributed by atoms with van der Waals surface area (Å²) < 4.78 is 5.96. The fourth-order valence-corrected chi connectivity index (χ4v) is 2.09. The van der Waals surface area contributed by atoms with Gasteiger partial charge < -0.3 is 9.84 Å². The molecule has 2 aromatic carbocycles. The van der Waals surface area contributed by atoms with Gasteiger partial charge in [0.25, 0.3) is 0 Å². The third-order valence-corrected chi connectivity index (χ3v) is 3.27. The summed E-state index contributed by atoms with van der Waals surface area (Å²) in [6.07, 6.45) is -0.0842.